The fourth-order valence-electron chi connectivity index (χ4n) is 1.63. The molecule has 0 atom stereocenters. The van der Waals surface area contributed by atoms with Gasteiger partial charge in [-0.2, -0.15) is 0 Å². The SMILES string of the molecule is Cc1cccc(CNc2nccn(C)c2=O)c1. The molecule has 88 valence electrons. The van der Waals surface area contributed by atoms with Crippen molar-refractivity contribution in [3.8, 4) is 0 Å². The first kappa shape index (κ1) is 11.4. The minimum absolute atomic E-state index is 0.111. The highest BCUT2D eigenvalue weighted by molar-refractivity contribution is 5.33. The van der Waals surface area contributed by atoms with Gasteiger partial charge in [0.2, 0.25) is 0 Å². The Morgan fingerprint density at radius 1 is 1.41 bits per heavy atom. The molecular formula is C13H15N3O. The van der Waals surface area contributed by atoms with Gasteiger partial charge in [-0.15, -0.1) is 0 Å². The molecule has 0 aliphatic rings. The van der Waals surface area contributed by atoms with Crippen LogP contribution >= 0.6 is 0 Å². The van der Waals surface area contributed by atoms with Gasteiger partial charge in [0.1, 0.15) is 0 Å². The number of hydrogen-bond acceptors (Lipinski definition) is 3. The van der Waals surface area contributed by atoms with E-state index < -0.39 is 0 Å². The molecule has 0 saturated heterocycles. The number of nitrogens with one attached hydrogen (secondary N) is 1. The molecule has 0 amide bonds. The lowest BCUT2D eigenvalue weighted by Gasteiger charge is -2.06. The maximum Gasteiger partial charge on any atom is 0.293 e. The van der Waals surface area contributed by atoms with Gasteiger partial charge in [0.25, 0.3) is 5.56 Å². The van der Waals surface area contributed by atoms with Crippen molar-refractivity contribution >= 4 is 5.82 Å². The van der Waals surface area contributed by atoms with E-state index in [0.29, 0.717) is 12.4 Å². The largest absolute Gasteiger partial charge is 0.361 e. The highest BCUT2D eigenvalue weighted by Crippen LogP contribution is 2.05. The standard InChI is InChI=1S/C13H15N3O/c1-10-4-3-5-11(8-10)9-15-12-13(17)16(2)7-6-14-12/h3-8H,9H2,1-2H3,(H,14,15). The van der Waals surface area contributed by atoms with E-state index in [9.17, 15) is 4.79 Å². The lowest BCUT2D eigenvalue weighted by Crippen LogP contribution is -2.21. The van der Waals surface area contributed by atoms with Crippen LogP contribution in [0.3, 0.4) is 0 Å². The summed E-state index contributed by atoms with van der Waals surface area (Å²) in [5, 5.41) is 3.05. The number of rotatable bonds is 3. The Bertz CT molecular complexity index is 575. The van der Waals surface area contributed by atoms with Crippen LogP contribution < -0.4 is 10.9 Å². The Morgan fingerprint density at radius 2 is 2.24 bits per heavy atom. The van der Waals surface area contributed by atoms with Crippen molar-refractivity contribution in [2.45, 2.75) is 13.5 Å². The van der Waals surface area contributed by atoms with Crippen LogP contribution in [0.2, 0.25) is 0 Å². The summed E-state index contributed by atoms with van der Waals surface area (Å²) in [5.74, 6) is 0.386. The highest BCUT2D eigenvalue weighted by atomic mass is 16.1. The summed E-state index contributed by atoms with van der Waals surface area (Å²) in [7, 11) is 1.71. The zero-order valence-corrected chi connectivity index (χ0v) is 9.97. The van der Waals surface area contributed by atoms with Crippen LogP contribution in [-0.2, 0) is 13.6 Å². The second kappa shape index (κ2) is 4.82. The molecule has 0 spiro atoms. The third kappa shape index (κ3) is 2.72. The molecule has 0 radical (unpaired) electrons. The van der Waals surface area contributed by atoms with Crippen molar-refractivity contribution in [2.24, 2.45) is 7.05 Å². The van der Waals surface area contributed by atoms with Crippen molar-refractivity contribution in [1.29, 1.82) is 0 Å². The first-order valence-electron chi connectivity index (χ1n) is 5.48. The van der Waals surface area contributed by atoms with Crippen LogP contribution in [0.5, 0.6) is 0 Å². The van der Waals surface area contributed by atoms with E-state index in [1.54, 1.807) is 19.4 Å². The van der Waals surface area contributed by atoms with Gasteiger partial charge in [0.05, 0.1) is 0 Å². The summed E-state index contributed by atoms with van der Waals surface area (Å²) in [6.07, 6.45) is 3.25. The molecular weight excluding hydrogens is 214 g/mol. The molecule has 1 aromatic carbocycles. The van der Waals surface area contributed by atoms with E-state index in [4.69, 9.17) is 0 Å². The number of anilines is 1. The number of benzene rings is 1. The van der Waals surface area contributed by atoms with E-state index in [1.807, 2.05) is 25.1 Å². The van der Waals surface area contributed by atoms with Gasteiger partial charge in [-0.25, -0.2) is 4.98 Å². The fraction of sp³-hybridized carbons (Fsp3) is 0.231. The zero-order valence-electron chi connectivity index (χ0n) is 9.97. The predicted octanol–water partition coefficient (Wildman–Crippen LogP) is 1.70. The second-order valence-corrected chi connectivity index (χ2v) is 4.03. The summed E-state index contributed by atoms with van der Waals surface area (Å²) in [6, 6.07) is 8.15. The number of hydrogen-bond donors (Lipinski definition) is 1. The van der Waals surface area contributed by atoms with E-state index >= 15 is 0 Å². The average molecular weight is 229 g/mol. The van der Waals surface area contributed by atoms with E-state index in [-0.39, 0.29) is 5.56 Å². The van der Waals surface area contributed by atoms with Crippen LogP contribution in [0.4, 0.5) is 5.82 Å². The molecule has 2 aromatic rings. The van der Waals surface area contributed by atoms with E-state index in [2.05, 4.69) is 16.4 Å². The first-order valence-corrected chi connectivity index (χ1v) is 5.48. The maximum atomic E-state index is 11.7. The van der Waals surface area contributed by atoms with E-state index in [1.165, 1.54) is 10.1 Å². The zero-order chi connectivity index (χ0) is 12.3. The molecule has 4 heteroatoms. The minimum atomic E-state index is -0.111. The minimum Gasteiger partial charge on any atom is -0.361 e. The molecule has 1 aromatic heterocycles. The number of aryl methyl sites for hydroxylation is 2. The molecule has 0 fully saturated rings. The Labute approximate surface area is 99.9 Å². The van der Waals surface area contributed by atoms with Gasteiger partial charge >= 0.3 is 0 Å². The normalized spacial score (nSPS) is 10.2. The Hall–Kier alpha value is -2.10. The molecule has 0 bridgehead atoms. The van der Waals surface area contributed by atoms with Crippen LogP contribution in [0.15, 0.2) is 41.5 Å². The summed E-state index contributed by atoms with van der Waals surface area (Å²) >= 11 is 0. The summed E-state index contributed by atoms with van der Waals surface area (Å²) < 4.78 is 1.51. The monoisotopic (exact) mass is 229 g/mol. The van der Waals surface area contributed by atoms with Crippen molar-refractivity contribution in [1.82, 2.24) is 9.55 Å². The molecule has 2 rings (SSSR count). The second-order valence-electron chi connectivity index (χ2n) is 4.03. The van der Waals surface area contributed by atoms with Crippen LogP contribution in [-0.4, -0.2) is 9.55 Å². The third-order valence-electron chi connectivity index (χ3n) is 2.56. The van der Waals surface area contributed by atoms with Gasteiger partial charge in [0.15, 0.2) is 5.82 Å². The van der Waals surface area contributed by atoms with Crippen molar-refractivity contribution in [3.05, 3.63) is 58.1 Å². The smallest absolute Gasteiger partial charge is 0.293 e. The Morgan fingerprint density at radius 3 is 3.00 bits per heavy atom. The third-order valence-corrected chi connectivity index (χ3v) is 2.56. The van der Waals surface area contributed by atoms with Gasteiger partial charge in [-0.05, 0) is 12.5 Å². The molecule has 0 saturated carbocycles. The molecule has 4 nitrogen and oxygen atoms in total. The van der Waals surface area contributed by atoms with Gasteiger partial charge in [-0.3, -0.25) is 4.79 Å². The van der Waals surface area contributed by atoms with Crippen LogP contribution in [0.1, 0.15) is 11.1 Å². The van der Waals surface area contributed by atoms with Gasteiger partial charge in [-0.1, -0.05) is 29.8 Å². The van der Waals surface area contributed by atoms with Crippen molar-refractivity contribution in [3.63, 3.8) is 0 Å². The Balaban J connectivity index is 2.13. The molecule has 1 N–H and O–H groups in total. The molecule has 0 unspecified atom stereocenters. The lowest BCUT2D eigenvalue weighted by molar-refractivity contribution is 0.839. The average Bonchev–Trinajstić information content (AvgIpc) is 2.31. The van der Waals surface area contributed by atoms with Gasteiger partial charge < -0.3 is 9.88 Å². The molecule has 0 aliphatic carbocycles. The van der Waals surface area contributed by atoms with Crippen molar-refractivity contribution in [2.75, 3.05) is 5.32 Å². The molecule has 17 heavy (non-hydrogen) atoms. The van der Waals surface area contributed by atoms with Crippen LogP contribution in [0.25, 0.3) is 0 Å². The first-order chi connectivity index (χ1) is 8.16. The quantitative estimate of drug-likeness (QED) is 0.871. The number of nitrogens with zero attached hydrogens (tertiary/aromatic N) is 2. The topological polar surface area (TPSA) is 46.9 Å². The summed E-state index contributed by atoms with van der Waals surface area (Å²) in [5.41, 5.74) is 2.23. The van der Waals surface area contributed by atoms with Crippen LogP contribution in [0, 0.1) is 6.92 Å². The lowest BCUT2D eigenvalue weighted by atomic mass is 10.1. The summed E-state index contributed by atoms with van der Waals surface area (Å²) in [4.78, 5) is 15.7. The fourth-order valence-corrected chi connectivity index (χ4v) is 1.63. The number of aromatic nitrogens is 2. The Kier molecular flexibility index (Phi) is 3.23. The van der Waals surface area contributed by atoms with Crippen molar-refractivity contribution < 1.29 is 0 Å². The molecule has 0 aliphatic heterocycles. The summed E-state index contributed by atoms with van der Waals surface area (Å²) in [6.45, 7) is 2.65. The highest BCUT2D eigenvalue weighted by Gasteiger charge is 2.01. The van der Waals surface area contributed by atoms with E-state index in [0.717, 1.165) is 5.56 Å². The molecule has 1 heterocycles. The predicted molar refractivity (Wildman–Crippen MR) is 68.0 cm³/mol. The van der Waals surface area contributed by atoms with Gasteiger partial charge in [0, 0.05) is 26.0 Å². The maximum absolute atomic E-state index is 11.7.